The molecule has 36 heavy (non-hydrogen) atoms. The summed E-state index contributed by atoms with van der Waals surface area (Å²) in [7, 11) is -7.74. The second kappa shape index (κ2) is 12.0. The first kappa shape index (κ1) is 27.8. The van der Waals surface area contributed by atoms with Gasteiger partial charge in [0, 0.05) is 24.7 Å². The van der Waals surface area contributed by atoms with E-state index in [1.54, 1.807) is 24.3 Å². The Kier molecular flexibility index (Phi) is 9.26. The summed E-state index contributed by atoms with van der Waals surface area (Å²) >= 11 is 5.90. The average Bonchev–Trinajstić information content (AvgIpc) is 2.83. The molecule has 0 spiro atoms. The molecule has 0 saturated heterocycles. The van der Waals surface area contributed by atoms with E-state index in [0.29, 0.717) is 5.02 Å². The molecule has 2 N–H and O–H groups in total. The van der Waals surface area contributed by atoms with Crippen molar-refractivity contribution in [3.05, 3.63) is 94.5 Å². The van der Waals surface area contributed by atoms with E-state index in [1.165, 1.54) is 36.4 Å². The molecular weight excluding hydrogens is 522 g/mol. The zero-order chi connectivity index (χ0) is 26.3. The van der Waals surface area contributed by atoms with Crippen LogP contribution in [-0.4, -0.2) is 46.7 Å². The monoisotopic (exact) mass is 549 g/mol. The highest BCUT2D eigenvalue weighted by molar-refractivity contribution is 7.89. The van der Waals surface area contributed by atoms with Crippen molar-refractivity contribution in [2.24, 2.45) is 0 Å². The predicted molar refractivity (Wildman–Crippen MR) is 140 cm³/mol. The summed E-state index contributed by atoms with van der Waals surface area (Å²) in [5.41, 5.74) is 2.58. The Morgan fingerprint density at radius 3 is 2.08 bits per heavy atom. The SMILES string of the molecule is Cc1ccc(S(=O)(=O)NCCNC(=O)CN(Cc2ccccc2C)S(=O)(=O)c2ccc(Cl)cc2)cc1. The van der Waals surface area contributed by atoms with Crippen LogP contribution < -0.4 is 10.0 Å². The van der Waals surface area contributed by atoms with Crippen LogP contribution in [0.15, 0.2) is 82.6 Å². The van der Waals surface area contributed by atoms with Crippen LogP contribution in [0.4, 0.5) is 0 Å². The van der Waals surface area contributed by atoms with Gasteiger partial charge in [-0.2, -0.15) is 4.31 Å². The summed E-state index contributed by atoms with van der Waals surface area (Å²) < 4.78 is 55.0. The van der Waals surface area contributed by atoms with E-state index in [-0.39, 0.29) is 29.4 Å². The van der Waals surface area contributed by atoms with Gasteiger partial charge in [-0.05, 0) is 61.4 Å². The van der Waals surface area contributed by atoms with Crippen molar-refractivity contribution in [1.29, 1.82) is 0 Å². The minimum atomic E-state index is -4.02. The third-order valence-electron chi connectivity index (χ3n) is 5.45. The third-order valence-corrected chi connectivity index (χ3v) is 8.98. The highest BCUT2D eigenvalue weighted by Crippen LogP contribution is 2.21. The first-order valence-electron chi connectivity index (χ1n) is 11.1. The van der Waals surface area contributed by atoms with Crippen LogP contribution in [0.1, 0.15) is 16.7 Å². The third kappa shape index (κ3) is 7.37. The topological polar surface area (TPSA) is 113 Å². The lowest BCUT2D eigenvalue weighted by Gasteiger charge is -2.23. The van der Waals surface area contributed by atoms with Gasteiger partial charge in [0.2, 0.25) is 26.0 Å². The van der Waals surface area contributed by atoms with Gasteiger partial charge in [0.15, 0.2) is 0 Å². The van der Waals surface area contributed by atoms with Crippen LogP contribution in [0.5, 0.6) is 0 Å². The molecule has 3 aromatic carbocycles. The van der Waals surface area contributed by atoms with Crippen LogP contribution in [0.3, 0.4) is 0 Å². The number of sulfonamides is 2. The van der Waals surface area contributed by atoms with Crippen molar-refractivity contribution in [3.63, 3.8) is 0 Å². The number of hydrogen-bond acceptors (Lipinski definition) is 5. The molecule has 0 aliphatic heterocycles. The highest BCUT2D eigenvalue weighted by atomic mass is 35.5. The van der Waals surface area contributed by atoms with Gasteiger partial charge in [-0.3, -0.25) is 4.79 Å². The maximum absolute atomic E-state index is 13.3. The Morgan fingerprint density at radius 1 is 0.833 bits per heavy atom. The van der Waals surface area contributed by atoms with Gasteiger partial charge in [0.05, 0.1) is 16.3 Å². The first-order chi connectivity index (χ1) is 17.0. The average molecular weight is 550 g/mol. The summed E-state index contributed by atoms with van der Waals surface area (Å²) in [4.78, 5) is 12.8. The van der Waals surface area contributed by atoms with Gasteiger partial charge in [-0.1, -0.05) is 53.6 Å². The zero-order valence-corrected chi connectivity index (χ0v) is 22.3. The van der Waals surface area contributed by atoms with E-state index in [4.69, 9.17) is 11.6 Å². The van der Waals surface area contributed by atoms with Crippen LogP contribution in [0, 0.1) is 13.8 Å². The van der Waals surface area contributed by atoms with Crippen molar-refractivity contribution in [3.8, 4) is 0 Å². The number of benzene rings is 3. The summed E-state index contributed by atoms with van der Waals surface area (Å²) in [5.74, 6) is -0.560. The normalized spacial score (nSPS) is 12.0. The Hall–Kier alpha value is -2.76. The van der Waals surface area contributed by atoms with Crippen LogP contribution in [-0.2, 0) is 31.4 Å². The van der Waals surface area contributed by atoms with Crippen molar-refractivity contribution in [2.75, 3.05) is 19.6 Å². The van der Waals surface area contributed by atoms with Gasteiger partial charge < -0.3 is 5.32 Å². The lowest BCUT2D eigenvalue weighted by Crippen LogP contribution is -2.42. The number of aryl methyl sites for hydroxylation is 2. The first-order valence-corrected chi connectivity index (χ1v) is 14.4. The lowest BCUT2D eigenvalue weighted by atomic mass is 10.1. The zero-order valence-electron chi connectivity index (χ0n) is 19.9. The van der Waals surface area contributed by atoms with E-state index >= 15 is 0 Å². The minimum absolute atomic E-state index is 0.00882. The van der Waals surface area contributed by atoms with E-state index in [2.05, 4.69) is 10.0 Å². The molecule has 0 aliphatic rings. The molecule has 0 heterocycles. The van der Waals surface area contributed by atoms with Gasteiger partial charge in [0.1, 0.15) is 0 Å². The molecule has 0 fully saturated rings. The van der Waals surface area contributed by atoms with E-state index in [9.17, 15) is 21.6 Å². The van der Waals surface area contributed by atoms with Crippen molar-refractivity contribution >= 4 is 37.6 Å². The molecule has 11 heteroatoms. The Balaban J connectivity index is 1.67. The Morgan fingerprint density at radius 2 is 1.44 bits per heavy atom. The molecule has 0 radical (unpaired) electrons. The standard InChI is InChI=1S/C25H28ClN3O5S2/c1-19-7-11-23(12-8-19)35(31,32)28-16-15-27-25(30)18-29(17-21-6-4-3-5-20(21)2)36(33,34)24-13-9-22(26)10-14-24/h3-14,28H,15-18H2,1-2H3,(H,27,30). The number of amides is 1. The molecule has 0 bridgehead atoms. The number of rotatable bonds is 11. The number of hydrogen-bond donors (Lipinski definition) is 2. The van der Waals surface area contributed by atoms with Gasteiger partial charge in [-0.25, -0.2) is 21.6 Å². The molecular formula is C25H28ClN3O5S2. The molecule has 0 atom stereocenters. The maximum Gasteiger partial charge on any atom is 0.243 e. The van der Waals surface area contributed by atoms with E-state index in [0.717, 1.165) is 21.0 Å². The van der Waals surface area contributed by atoms with Crippen molar-refractivity contribution < 1.29 is 21.6 Å². The van der Waals surface area contributed by atoms with E-state index < -0.39 is 32.5 Å². The lowest BCUT2D eigenvalue weighted by molar-refractivity contribution is -0.121. The second-order valence-electron chi connectivity index (χ2n) is 8.21. The molecule has 8 nitrogen and oxygen atoms in total. The van der Waals surface area contributed by atoms with Gasteiger partial charge >= 0.3 is 0 Å². The second-order valence-corrected chi connectivity index (χ2v) is 12.4. The van der Waals surface area contributed by atoms with Gasteiger partial charge in [-0.15, -0.1) is 0 Å². The number of nitrogens with zero attached hydrogens (tertiary/aromatic N) is 1. The maximum atomic E-state index is 13.3. The molecule has 0 saturated carbocycles. The largest absolute Gasteiger partial charge is 0.354 e. The number of carbonyl (C=O) groups is 1. The molecule has 3 aromatic rings. The summed E-state index contributed by atoms with van der Waals surface area (Å²) in [6.07, 6.45) is 0. The smallest absolute Gasteiger partial charge is 0.243 e. The molecule has 3 rings (SSSR count). The molecule has 0 unspecified atom stereocenters. The van der Waals surface area contributed by atoms with Crippen LogP contribution >= 0.6 is 11.6 Å². The molecule has 1 amide bonds. The fraction of sp³-hybridized carbons (Fsp3) is 0.240. The van der Waals surface area contributed by atoms with E-state index in [1.807, 2.05) is 26.0 Å². The Labute approximate surface area is 217 Å². The summed E-state index contributed by atoms with van der Waals surface area (Å²) in [6, 6.07) is 19.4. The predicted octanol–water partition coefficient (Wildman–Crippen LogP) is 3.24. The molecule has 192 valence electrons. The summed E-state index contributed by atoms with van der Waals surface area (Å²) in [5, 5.41) is 2.98. The summed E-state index contributed by atoms with van der Waals surface area (Å²) in [6.45, 7) is 3.21. The molecule has 0 aliphatic carbocycles. The number of carbonyl (C=O) groups excluding carboxylic acids is 1. The fourth-order valence-electron chi connectivity index (χ4n) is 3.36. The van der Waals surface area contributed by atoms with Crippen molar-refractivity contribution in [1.82, 2.24) is 14.3 Å². The highest BCUT2D eigenvalue weighted by Gasteiger charge is 2.27. The Bertz CT molecular complexity index is 1410. The minimum Gasteiger partial charge on any atom is -0.354 e. The number of nitrogens with one attached hydrogen (secondary N) is 2. The van der Waals surface area contributed by atoms with Crippen molar-refractivity contribution in [2.45, 2.75) is 30.2 Å². The van der Waals surface area contributed by atoms with Crippen LogP contribution in [0.2, 0.25) is 5.02 Å². The fourth-order valence-corrected chi connectivity index (χ4v) is 5.90. The number of halogens is 1. The quantitative estimate of drug-likeness (QED) is 0.357. The molecule has 0 aromatic heterocycles. The van der Waals surface area contributed by atoms with Crippen LogP contribution in [0.25, 0.3) is 0 Å². The van der Waals surface area contributed by atoms with Gasteiger partial charge in [0.25, 0.3) is 0 Å².